The van der Waals surface area contributed by atoms with Crippen LogP contribution in [0.1, 0.15) is 91.4 Å². The third-order valence-electron chi connectivity index (χ3n) is 10.3. The highest BCUT2D eigenvalue weighted by Crippen LogP contribution is 2.66. The molecule has 5 aliphatic carbocycles. The first-order chi connectivity index (χ1) is 13.1. The summed E-state index contributed by atoms with van der Waals surface area (Å²) in [5, 5.41) is 0. The van der Waals surface area contributed by atoms with Crippen LogP contribution < -0.4 is 0 Å². The normalized spacial score (nSPS) is 52.5. The first-order valence-corrected chi connectivity index (χ1v) is 12.3. The topological polar surface area (TPSA) is 26.3 Å². The van der Waals surface area contributed by atoms with Crippen molar-refractivity contribution in [2.75, 3.05) is 0 Å². The highest BCUT2D eigenvalue weighted by molar-refractivity contribution is 5.70. The molecule has 10 atom stereocenters. The summed E-state index contributed by atoms with van der Waals surface area (Å²) < 4.78 is 6.32. The maximum Gasteiger partial charge on any atom is 0.306 e. The zero-order chi connectivity index (χ0) is 18.8. The van der Waals surface area contributed by atoms with Gasteiger partial charge in [0.05, 0.1) is 0 Å². The van der Waals surface area contributed by atoms with Crippen LogP contribution in [0, 0.1) is 53.3 Å². The molecule has 0 heterocycles. The second kappa shape index (κ2) is 6.77. The van der Waals surface area contributed by atoms with Crippen molar-refractivity contribution in [1.82, 2.24) is 0 Å². The number of fused-ring (bicyclic) bond motifs is 7. The Bertz CT molecular complexity index is 585. The lowest BCUT2D eigenvalue weighted by molar-refractivity contribution is -0.168. The summed E-state index contributed by atoms with van der Waals surface area (Å²) in [4.78, 5) is 13.0. The van der Waals surface area contributed by atoms with Gasteiger partial charge in [-0.1, -0.05) is 33.6 Å². The summed E-state index contributed by atoms with van der Waals surface area (Å²) in [5.74, 6) is 7.84. The van der Waals surface area contributed by atoms with Gasteiger partial charge in [0.1, 0.15) is 5.60 Å². The molecule has 10 unspecified atom stereocenters. The van der Waals surface area contributed by atoms with Gasteiger partial charge in [-0.2, -0.15) is 0 Å². The molecule has 0 saturated heterocycles. The summed E-state index contributed by atoms with van der Waals surface area (Å²) in [7, 11) is 0. The van der Waals surface area contributed by atoms with Gasteiger partial charge in [-0.15, -0.1) is 0 Å². The molecule has 0 aliphatic heterocycles. The predicted octanol–water partition coefficient (Wildman–Crippen LogP) is 6.23. The Morgan fingerprint density at radius 3 is 2.33 bits per heavy atom. The monoisotopic (exact) mass is 372 g/mol. The smallest absolute Gasteiger partial charge is 0.306 e. The Morgan fingerprint density at radius 2 is 1.70 bits per heavy atom. The zero-order valence-corrected chi connectivity index (χ0v) is 17.8. The molecule has 0 spiro atoms. The lowest BCUT2D eigenvalue weighted by Gasteiger charge is -2.38. The number of hydrogen-bond acceptors (Lipinski definition) is 2. The summed E-state index contributed by atoms with van der Waals surface area (Å²) in [6.07, 6.45) is 13.8. The summed E-state index contributed by atoms with van der Waals surface area (Å²) in [6, 6.07) is 0. The van der Waals surface area contributed by atoms with E-state index in [2.05, 4.69) is 20.8 Å². The maximum absolute atomic E-state index is 13.0. The summed E-state index contributed by atoms with van der Waals surface area (Å²) in [5.41, 5.74) is -0.0905. The Kier molecular flexibility index (Phi) is 4.64. The minimum absolute atomic E-state index is 0.0905. The van der Waals surface area contributed by atoms with E-state index in [1.165, 1.54) is 51.4 Å². The number of carbonyl (C=O) groups excluding carboxylic acids is 1. The molecule has 4 bridgehead atoms. The van der Waals surface area contributed by atoms with E-state index >= 15 is 0 Å². The average molecular weight is 373 g/mol. The van der Waals surface area contributed by atoms with Crippen molar-refractivity contribution in [3.63, 3.8) is 0 Å². The van der Waals surface area contributed by atoms with Crippen LogP contribution in [0.3, 0.4) is 0 Å². The van der Waals surface area contributed by atoms with Crippen LogP contribution in [-0.4, -0.2) is 11.6 Å². The van der Waals surface area contributed by atoms with Gasteiger partial charge in [0.15, 0.2) is 0 Å². The fraction of sp³-hybridized carbons (Fsp3) is 0.960. The molecule has 5 rings (SSSR count). The van der Waals surface area contributed by atoms with Gasteiger partial charge in [-0.05, 0) is 105 Å². The summed E-state index contributed by atoms with van der Waals surface area (Å²) in [6.45, 7) is 7.04. The molecule has 152 valence electrons. The van der Waals surface area contributed by atoms with Crippen LogP contribution in [0.25, 0.3) is 0 Å². The Balaban J connectivity index is 1.24. The molecule has 27 heavy (non-hydrogen) atoms. The van der Waals surface area contributed by atoms with Crippen molar-refractivity contribution < 1.29 is 9.53 Å². The maximum atomic E-state index is 13.0. The average Bonchev–Trinajstić information content (AvgIpc) is 3.44. The Morgan fingerprint density at radius 1 is 0.926 bits per heavy atom. The van der Waals surface area contributed by atoms with E-state index in [1.807, 2.05) is 0 Å². The van der Waals surface area contributed by atoms with Gasteiger partial charge in [0, 0.05) is 6.42 Å². The van der Waals surface area contributed by atoms with Crippen LogP contribution in [-0.2, 0) is 9.53 Å². The van der Waals surface area contributed by atoms with Crippen LogP contribution in [0.5, 0.6) is 0 Å². The van der Waals surface area contributed by atoms with Gasteiger partial charge >= 0.3 is 5.97 Å². The van der Waals surface area contributed by atoms with Crippen molar-refractivity contribution in [1.29, 1.82) is 0 Å². The SMILES string of the molecule is CCC1CC(CC)C2C3CC(CC3CC(=O)OC3(CC)CC4CCC3C4)C12. The van der Waals surface area contributed by atoms with Crippen LogP contribution in [0.15, 0.2) is 0 Å². The lowest BCUT2D eigenvalue weighted by Crippen LogP contribution is -2.40. The zero-order valence-electron chi connectivity index (χ0n) is 17.8. The molecule has 2 nitrogen and oxygen atoms in total. The van der Waals surface area contributed by atoms with E-state index in [-0.39, 0.29) is 11.6 Å². The van der Waals surface area contributed by atoms with E-state index in [9.17, 15) is 4.79 Å². The molecule has 0 aromatic carbocycles. The van der Waals surface area contributed by atoms with Gasteiger partial charge in [-0.25, -0.2) is 0 Å². The summed E-state index contributed by atoms with van der Waals surface area (Å²) >= 11 is 0. The fourth-order valence-electron chi connectivity index (χ4n) is 9.27. The van der Waals surface area contributed by atoms with E-state index < -0.39 is 0 Å². The minimum Gasteiger partial charge on any atom is -0.459 e. The molecule has 0 aromatic rings. The van der Waals surface area contributed by atoms with Crippen molar-refractivity contribution >= 4 is 5.97 Å². The number of esters is 1. The molecule has 2 heteroatoms. The van der Waals surface area contributed by atoms with E-state index in [0.717, 1.165) is 60.7 Å². The minimum atomic E-state index is -0.0905. The molecule has 5 fully saturated rings. The van der Waals surface area contributed by atoms with Crippen molar-refractivity contribution in [3.05, 3.63) is 0 Å². The molecule has 0 amide bonds. The predicted molar refractivity (Wildman–Crippen MR) is 108 cm³/mol. The molecule has 0 radical (unpaired) electrons. The van der Waals surface area contributed by atoms with Crippen molar-refractivity contribution in [2.24, 2.45) is 53.3 Å². The van der Waals surface area contributed by atoms with E-state index in [0.29, 0.717) is 11.8 Å². The molecular weight excluding hydrogens is 332 g/mol. The standard InChI is InChI=1S/C25H40O2/c1-4-16-10-17(5-2)24-21-12-19(23(16)24)11-18(21)13-22(26)27-25(6-3)14-15-7-8-20(25)9-15/h15-21,23-24H,4-14H2,1-3H3. The van der Waals surface area contributed by atoms with E-state index in [4.69, 9.17) is 4.74 Å². The second-order valence-corrected chi connectivity index (χ2v) is 11.1. The molecule has 0 aromatic heterocycles. The molecule has 5 aliphatic rings. The van der Waals surface area contributed by atoms with Gasteiger partial charge in [0.2, 0.25) is 0 Å². The van der Waals surface area contributed by atoms with Gasteiger partial charge in [0.25, 0.3) is 0 Å². The first kappa shape index (κ1) is 18.5. The van der Waals surface area contributed by atoms with Gasteiger partial charge in [-0.3, -0.25) is 4.79 Å². The van der Waals surface area contributed by atoms with Gasteiger partial charge < -0.3 is 4.74 Å². The first-order valence-electron chi connectivity index (χ1n) is 12.3. The fourth-order valence-corrected chi connectivity index (χ4v) is 9.27. The second-order valence-electron chi connectivity index (χ2n) is 11.1. The quantitative estimate of drug-likeness (QED) is 0.516. The van der Waals surface area contributed by atoms with Crippen LogP contribution in [0.4, 0.5) is 0 Å². The molecule has 5 saturated carbocycles. The number of hydrogen-bond donors (Lipinski definition) is 0. The third-order valence-corrected chi connectivity index (χ3v) is 10.3. The highest BCUT2D eigenvalue weighted by atomic mass is 16.6. The van der Waals surface area contributed by atoms with E-state index in [1.54, 1.807) is 0 Å². The number of rotatable bonds is 6. The largest absolute Gasteiger partial charge is 0.459 e. The Hall–Kier alpha value is -0.530. The third kappa shape index (κ3) is 2.75. The lowest BCUT2D eigenvalue weighted by atomic mass is 9.70. The van der Waals surface area contributed by atoms with Crippen LogP contribution in [0.2, 0.25) is 0 Å². The molecule has 0 N–H and O–H groups in total. The number of carbonyl (C=O) groups is 1. The Labute approximate surface area is 166 Å². The highest BCUT2D eigenvalue weighted by Gasteiger charge is 2.60. The van der Waals surface area contributed by atoms with Crippen molar-refractivity contribution in [3.8, 4) is 0 Å². The molecular formula is C25H40O2. The van der Waals surface area contributed by atoms with Crippen molar-refractivity contribution in [2.45, 2.75) is 97.0 Å². The number of ether oxygens (including phenoxy) is 1. The van der Waals surface area contributed by atoms with Crippen LogP contribution >= 0.6 is 0 Å².